The molecule has 1 amide bonds. The van der Waals surface area contributed by atoms with Crippen molar-refractivity contribution in [3.8, 4) is 5.88 Å². The molecule has 0 saturated carbocycles. The smallest absolute Gasteiger partial charge is 0.412 e. The summed E-state index contributed by atoms with van der Waals surface area (Å²) in [6.07, 6.45) is 1.14. The van der Waals surface area contributed by atoms with Gasteiger partial charge in [0.1, 0.15) is 17.7 Å². The molecule has 2 rings (SSSR count). The number of nitrogens with one attached hydrogen (secondary N) is 2. The monoisotopic (exact) mass is 307 g/mol. The van der Waals surface area contributed by atoms with E-state index in [1.54, 1.807) is 19.4 Å². The number of hydrogen-bond donors (Lipinski definition) is 2. The van der Waals surface area contributed by atoms with Crippen LogP contribution in [0.1, 0.15) is 20.8 Å². The second-order valence-corrected chi connectivity index (χ2v) is 5.72. The van der Waals surface area contributed by atoms with Crippen LogP contribution in [0.5, 0.6) is 5.88 Å². The number of aromatic amines is 1. The van der Waals surface area contributed by atoms with Crippen LogP contribution in [0.25, 0.3) is 11.0 Å². The molecule has 7 nitrogen and oxygen atoms in total. The lowest BCUT2D eigenvalue weighted by molar-refractivity contribution is 0.0636. The number of carbonyl (C=O) groups excluding carboxylic acids is 1. The molecule has 2 aromatic heterocycles. The molecule has 0 radical (unpaired) electrons. The Morgan fingerprint density at radius 3 is 2.77 bits per heavy atom. The molecule has 0 saturated heterocycles. The summed E-state index contributed by atoms with van der Waals surface area (Å²) >= 11 is 0. The Bertz CT molecular complexity index is 646. The minimum Gasteiger partial charge on any atom is -0.475 e. The predicted octanol–water partition coefficient (Wildman–Crippen LogP) is 2.94. The van der Waals surface area contributed by atoms with E-state index in [1.807, 2.05) is 26.8 Å². The third-order valence-corrected chi connectivity index (χ3v) is 2.67. The summed E-state index contributed by atoms with van der Waals surface area (Å²) in [5.74, 6) is 0.469. The molecule has 22 heavy (non-hydrogen) atoms. The van der Waals surface area contributed by atoms with Crippen molar-refractivity contribution in [3.63, 3.8) is 0 Å². The quantitative estimate of drug-likeness (QED) is 0.830. The number of fused-ring (bicyclic) bond motifs is 1. The third kappa shape index (κ3) is 4.36. The van der Waals surface area contributed by atoms with Gasteiger partial charge >= 0.3 is 6.09 Å². The van der Waals surface area contributed by atoms with E-state index in [0.29, 0.717) is 30.3 Å². The summed E-state index contributed by atoms with van der Waals surface area (Å²) < 4.78 is 15.6. The molecule has 0 unspecified atom stereocenters. The van der Waals surface area contributed by atoms with Crippen molar-refractivity contribution in [2.45, 2.75) is 26.4 Å². The molecule has 2 aromatic rings. The zero-order chi connectivity index (χ0) is 16.2. The van der Waals surface area contributed by atoms with Crippen LogP contribution in [0.15, 0.2) is 18.3 Å². The van der Waals surface area contributed by atoms with Gasteiger partial charge in [-0.25, -0.2) is 9.78 Å². The fourth-order valence-electron chi connectivity index (χ4n) is 1.80. The molecule has 2 heterocycles. The minimum atomic E-state index is -0.557. The fourth-order valence-corrected chi connectivity index (χ4v) is 1.80. The zero-order valence-corrected chi connectivity index (χ0v) is 13.2. The van der Waals surface area contributed by atoms with Crippen molar-refractivity contribution in [1.29, 1.82) is 0 Å². The average molecular weight is 307 g/mol. The number of amides is 1. The molecule has 0 aromatic carbocycles. The molecular weight excluding hydrogens is 286 g/mol. The first kappa shape index (κ1) is 16.1. The van der Waals surface area contributed by atoms with E-state index in [4.69, 9.17) is 14.2 Å². The van der Waals surface area contributed by atoms with Crippen molar-refractivity contribution >= 4 is 22.8 Å². The highest BCUT2D eigenvalue weighted by Crippen LogP contribution is 2.24. The number of ether oxygens (including phenoxy) is 3. The van der Waals surface area contributed by atoms with E-state index >= 15 is 0 Å². The summed E-state index contributed by atoms with van der Waals surface area (Å²) in [4.78, 5) is 19.3. The molecule has 0 aliphatic rings. The Morgan fingerprint density at radius 1 is 1.32 bits per heavy atom. The number of anilines is 1. The molecule has 120 valence electrons. The number of pyridine rings is 1. The Hall–Kier alpha value is -2.28. The van der Waals surface area contributed by atoms with E-state index in [2.05, 4.69) is 15.3 Å². The summed E-state index contributed by atoms with van der Waals surface area (Å²) in [5, 5.41) is 2.68. The number of H-pyrrole nitrogens is 1. The van der Waals surface area contributed by atoms with Crippen LogP contribution in [-0.4, -0.2) is 42.0 Å². The molecule has 0 aliphatic carbocycles. The normalized spacial score (nSPS) is 11.5. The lowest BCUT2D eigenvalue weighted by Gasteiger charge is -2.19. The highest BCUT2D eigenvalue weighted by Gasteiger charge is 2.18. The number of aromatic nitrogens is 2. The Balaban J connectivity index is 2.13. The van der Waals surface area contributed by atoms with Gasteiger partial charge < -0.3 is 19.2 Å². The van der Waals surface area contributed by atoms with Crippen LogP contribution < -0.4 is 10.1 Å². The summed E-state index contributed by atoms with van der Waals surface area (Å²) in [6.45, 7) is 6.32. The molecule has 0 aliphatic heterocycles. The van der Waals surface area contributed by atoms with Gasteiger partial charge in [-0.2, -0.15) is 0 Å². The highest BCUT2D eigenvalue weighted by atomic mass is 16.6. The van der Waals surface area contributed by atoms with Crippen molar-refractivity contribution in [3.05, 3.63) is 18.3 Å². The molecular formula is C15H21N3O4. The number of carbonyl (C=O) groups is 1. The number of nitrogens with zero attached hydrogens (tertiary/aromatic N) is 1. The number of hydrogen-bond acceptors (Lipinski definition) is 5. The summed E-state index contributed by atoms with van der Waals surface area (Å²) in [6, 6.07) is 3.59. The third-order valence-electron chi connectivity index (χ3n) is 2.67. The summed E-state index contributed by atoms with van der Waals surface area (Å²) in [7, 11) is 1.61. The van der Waals surface area contributed by atoms with Gasteiger partial charge in [0.25, 0.3) is 0 Å². The van der Waals surface area contributed by atoms with Gasteiger partial charge in [-0.3, -0.25) is 5.32 Å². The first-order valence-electron chi connectivity index (χ1n) is 6.99. The standard InChI is InChI=1S/C15H21N3O4/c1-15(2,3)22-14(19)17-11-9-16-10-5-6-12(18-13(10)11)21-8-7-20-4/h5-6,9,16H,7-8H2,1-4H3,(H,17,19). The van der Waals surface area contributed by atoms with Crippen molar-refractivity contribution in [2.75, 3.05) is 25.6 Å². The molecule has 2 N–H and O–H groups in total. The lowest BCUT2D eigenvalue weighted by Crippen LogP contribution is -2.27. The first-order chi connectivity index (χ1) is 10.4. The van der Waals surface area contributed by atoms with Crippen LogP contribution >= 0.6 is 0 Å². The largest absolute Gasteiger partial charge is 0.475 e. The van der Waals surface area contributed by atoms with Crippen LogP contribution in [0, 0.1) is 0 Å². The van der Waals surface area contributed by atoms with Crippen LogP contribution in [0.2, 0.25) is 0 Å². The maximum Gasteiger partial charge on any atom is 0.412 e. The van der Waals surface area contributed by atoms with Gasteiger partial charge in [-0.05, 0) is 26.8 Å². The van der Waals surface area contributed by atoms with Gasteiger partial charge in [0, 0.05) is 19.4 Å². The van der Waals surface area contributed by atoms with Crippen LogP contribution in [0.3, 0.4) is 0 Å². The van der Waals surface area contributed by atoms with Crippen molar-refractivity contribution in [1.82, 2.24) is 9.97 Å². The van der Waals surface area contributed by atoms with Crippen molar-refractivity contribution < 1.29 is 19.0 Å². The zero-order valence-electron chi connectivity index (χ0n) is 13.2. The lowest BCUT2D eigenvalue weighted by atomic mass is 10.2. The molecule has 7 heteroatoms. The number of methoxy groups -OCH3 is 1. The van der Waals surface area contributed by atoms with Gasteiger partial charge in [-0.1, -0.05) is 0 Å². The first-order valence-corrected chi connectivity index (χ1v) is 6.99. The van der Waals surface area contributed by atoms with E-state index in [-0.39, 0.29) is 0 Å². The Morgan fingerprint density at radius 2 is 2.09 bits per heavy atom. The maximum atomic E-state index is 11.8. The number of rotatable bonds is 5. The Kier molecular flexibility index (Phi) is 4.87. The molecule has 0 atom stereocenters. The van der Waals surface area contributed by atoms with Crippen molar-refractivity contribution in [2.24, 2.45) is 0 Å². The SMILES string of the molecule is COCCOc1ccc2[nH]cc(NC(=O)OC(C)(C)C)c2n1. The van der Waals surface area contributed by atoms with E-state index < -0.39 is 11.7 Å². The van der Waals surface area contributed by atoms with Gasteiger partial charge in [0.15, 0.2) is 0 Å². The Labute approximate surface area is 129 Å². The second-order valence-electron chi connectivity index (χ2n) is 5.72. The minimum absolute atomic E-state index is 0.411. The molecule has 0 bridgehead atoms. The van der Waals surface area contributed by atoms with E-state index in [1.165, 1.54) is 0 Å². The van der Waals surface area contributed by atoms with Gasteiger partial charge in [-0.15, -0.1) is 0 Å². The topological polar surface area (TPSA) is 85.5 Å². The van der Waals surface area contributed by atoms with Gasteiger partial charge in [0.05, 0.1) is 17.8 Å². The van der Waals surface area contributed by atoms with E-state index in [0.717, 1.165) is 5.52 Å². The highest BCUT2D eigenvalue weighted by molar-refractivity contribution is 5.97. The maximum absolute atomic E-state index is 11.8. The second kappa shape index (κ2) is 6.65. The summed E-state index contributed by atoms with van der Waals surface area (Å²) in [5.41, 5.74) is 1.39. The predicted molar refractivity (Wildman–Crippen MR) is 83.3 cm³/mol. The van der Waals surface area contributed by atoms with E-state index in [9.17, 15) is 4.79 Å². The molecule has 0 fully saturated rings. The average Bonchev–Trinajstić information content (AvgIpc) is 2.80. The van der Waals surface area contributed by atoms with Crippen LogP contribution in [-0.2, 0) is 9.47 Å². The van der Waals surface area contributed by atoms with Crippen LogP contribution in [0.4, 0.5) is 10.5 Å². The fraction of sp³-hybridized carbons (Fsp3) is 0.467. The van der Waals surface area contributed by atoms with Gasteiger partial charge in [0.2, 0.25) is 5.88 Å². The molecule has 0 spiro atoms.